The Morgan fingerprint density at radius 3 is 2.39 bits per heavy atom. The van der Waals surface area contributed by atoms with E-state index in [4.69, 9.17) is 37.7 Å². The summed E-state index contributed by atoms with van der Waals surface area (Å²) in [6, 6.07) is 13.8. The number of nitrogens with zero attached hydrogens (tertiary/aromatic N) is 8. The quantitative estimate of drug-likeness (QED) is 0.146. The molecule has 2 aromatic carbocycles. The predicted octanol–water partition coefficient (Wildman–Crippen LogP) is 6.24. The van der Waals surface area contributed by atoms with Crippen molar-refractivity contribution >= 4 is 63.6 Å². The first-order valence-corrected chi connectivity index (χ1v) is 22.5. The van der Waals surface area contributed by atoms with Crippen LogP contribution in [-0.4, -0.2) is 83.6 Å². The molecule has 342 valence electrons. The highest BCUT2D eigenvalue weighted by molar-refractivity contribution is 6.31. The topological polar surface area (TPSA) is 185 Å². The largest absolute Gasteiger partial charge is 0.491 e. The number of fused-ring (bicyclic) bond motifs is 2. The first kappa shape index (κ1) is 44.5. The third-order valence-corrected chi connectivity index (χ3v) is 13.2. The van der Waals surface area contributed by atoms with Crippen molar-refractivity contribution < 1.29 is 28.7 Å². The average Bonchev–Trinajstić information content (AvgIpc) is 3.91. The molecule has 4 aromatic heterocycles. The van der Waals surface area contributed by atoms with Crippen LogP contribution in [0, 0.1) is 5.92 Å². The maximum absolute atomic E-state index is 14.6. The van der Waals surface area contributed by atoms with Crippen molar-refractivity contribution in [3.63, 3.8) is 0 Å². The number of pyridine rings is 2. The predicted molar refractivity (Wildman–Crippen MR) is 247 cm³/mol. The van der Waals surface area contributed by atoms with Gasteiger partial charge in [-0.15, -0.1) is 0 Å². The summed E-state index contributed by atoms with van der Waals surface area (Å²) in [6.45, 7) is 5.32. The molecule has 9 rings (SSSR count). The van der Waals surface area contributed by atoms with Crippen LogP contribution in [0.15, 0.2) is 76.6 Å². The number of imidazole rings is 2. The lowest BCUT2D eigenvalue weighted by atomic mass is 9.93. The lowest BCUT2D eigenvalue weighted by molar-refractivity contribution is -0.135. The third kappa shape index (κ3) is 7.72. The number of anilines is 1. The SMILES string of the molecule is COc1ncc(C(=O)N2CCC(CCOc3cccc4c3n(C)c(=O)n4C3CCC(=O)NC3=O)CC2)cc1-c1nc2c(n1C(C)C)[C@H](c1ccc(Cl)cc1)N(c1cc(Cl)cn(C)c1=O)C2=O. The Labute approximate surface area is 388 Å². The van der Waals surface area contributed by atoms with Crippen molar-refractivity contribution in [3.8, 4) is 23.0 Å². The number of piperidine rings is 2. The minimum absolute atomic E-state index is 0.0953. The summed E-state index contributed by atoms with van der Waals surface area (Å²) < 4.78 is 18.2. The monoisotopic (exact) mass is 935 g/mol. The van der Waals surface area contributed by atoms with E-state index < -0.39 is 29.5 Å². The molecule has 3 aliphatic rings. The molecular formula is C47H47Cl2N9O8. The van der Waals surface area contributed by atoms with Crippen LogP contribution in [0.2, 0.25) is 10.0 Å². The van der Waals surface area contributed by atoms with Gasteiger partial charge in [0.25, 0.3) is 17.4 Å². The summed E-state index contributed by atoms with van der Waals surface area (Å²) in [7, 11) is 4.69. The van der Waals surface area contributed by atoms with Crippen LogP contribution in [-0.2, 0) is 23.7 Å². The van der Waals surface area contributed by atoms with Gasteiger partial charge in [-0.2, -0.15) is 0 Å². The highest BCUT2D eigenvalue weighted by Gasteiger charge is 2.46. The fourth-order valence-electron chi connectivity index (χ4n) is 9.54. The summed E-state index contributed by atoms with van der Waals surface area (Å²) >= 11 is 12.8. The van der Waals surface area contributed by atoms with Crippen molar-refractivity contribution in [2.45, 2.75) is 64.1 Å². The number of methoxy groups -OCH3 is 1. The van der Waals surface area contributed by atoms with E-state index in [0.717, 1.165) is 19.3 Å². The second-order valence-corrected chi connectivity index (χ2v) is 18.1. The standard InChI is InChI=1S/C47H47Cl2N9O8/c1-25(2)56-40-37(46(63)58(34-22-30(49)24-53(3)45(34)62)38(40)27-9-11-29(48)12-10-27)52-41(56)31-21-28(23-50-43(31)65-5)44(61)55-18-15-26(16-19-55)17-20-66-35-8-6-7-32-39(35)54(4)47(64)57(32)33-13-14-36(59)51-42(33)60/h6-12,21-26,33,38H,13-20H2,1-5H3,(H,51,59,60)/t33?,38-/m0/s1. The van der Waals surface area contributed by atoms with Gasteiger partial charge in [0.1, 0.15) is 34.9 Å². The van der Waals surface area contributed by atoms with Crippen molar-refractivity contribution in [2.24, 2.45) is 20.0 Å². The molecule has 4 amide bonds. The smallest absolute Gasteiger partial charge is 0.329 e. The normalized spacial score (nSPS) is 17.8. The number of hydrogen-bond acceptors (Lipinski definition) is 10. The Kier molecular flexibility index (Phi) is 11.9. The number of likely N-dealkylation sites (tertiary alicyclic amines) is 1. The van der Waals surface area contributed by atoms with Gasteiger partial charge in [-0.3, -0.25) is 43.3 Å². The summed E-state index contributed by atoms with van der Waals surface area (Å²) in [6.07, 6.45) is 5.56. The summed E-state index contributed by atoms with van der Waals surface area (Å²) in [5, 5.41) is 3.12. The number of imide groups is 1. The van der Waals surface area contributed by atoms with Crippen molar-refractivity contribution in [1.29, 1.82) is 0 Å². The van der Waals surface area contributed by atoms with Gasteiger partial charge in [0.15, 0.2) is 5.69 Å². The Morgan fingerprint density at radius 1 is 0.955 bits per heavy atom. The molecule has 66 heavy (non-hydrogen) atoms. The maximum Gasteiger partial charge on any atom is 0.329 e. The number of halogens is 2. The number of para-hydroxylation sites is 1. The van der Waals surface area contributed by atoms with Crippen LogP contribution < -0.4 is 30.9 Å². The number of aryl methyl sites for hydroxylation is 2. The number of nitrogens with one attached hydrogen (secondary N) is 1. The molecule has 0 spiro atoms. The maximum atomic E-state index is 14.6. The average molecular weight is 937 g/mol. The molecule has 0 aliphatic carbocycles. The molecule has 1 unspecified atom stereocenters. The molecule has 3 aliphatic heterocycles. The molecule has 1 N–H and O–H groups in total. The van der Waals surface area contributed by atoms with Gasteiger partial charge in [-0.1, -0.05) is 41.4 Å². The molecule has 7 heterocycles. The summed E-state index contributed by atoms with van der Waals surface area (Å²) in [4.78, 5) is 92.9. The number of ether oxygens (including phenoxy) is 2. The highest BCUT2D eigenvalue weighted by Crippen LogP contribution is 2.45. The zero-order valence-electron chi connectivity index (χ0n) is 36.9. The molecule has 2 fully saturated rings. The Morgan fingerprint density at radius 2 is 1.70 bits per heavy atom. The fourth-order valence-corrected chi connectivity index (χ4v) is 9.92. The minimum atomic E-state index is -0.795. The van der Waals surface area contributed by atoms with Crippen LogP contribution in [0.3, 0.4) is 0 Å². The van der Waals surface area contributed by atoms with Gasteiger partial charge in [0, 0.05) is 57.1 Å². The van der Waals surface area contributed by atoms with E-state index in [9.17, 15) is 28.8 Å². The number of rotatable bonds is 11. The number of aromatic nitrogens is 6. The first-order valence-electron chi connectivity index (χ1n) is 21.7. The van der Waals surface area contributed by atoms with E-state index in [1.54, 1.807) is 55.4 Å². The van der Waals surface area contributed by atoms with Crippen LogP contribution in [0.5, 0.6) is 11.6 Å². The molecule has 6 aromatic rings. The van der Waals surface area contributed by atoms with Crippen LogP contribution in [0.25, 0.3) is 22.4 Å². The molecule has 19 heteroatoms. The molecule has 0 saturated carbocycles. The zero-order chi connectivity index (χ0) is 46.7. The van der Waals surface area contributed by atoms with Gasteiger partial charge in [-0.05, 0) is 87.4 Å². The van der Waals surface area contributed by atoms with E-state index >= 15 is 0 Å². The van der Waals surface area contributed by atoms with Crippen molar-refractivity contribution in [3.05, 3.63) is 120 Å². The second-order valence-electron chi connectivity index (χ2n) is 17.2. The molecular weight excluding hydrogens is 889 g/mol. The number of carbonyl (C=O) groups excluding carboxylic acids is 4. The molecule has 2 atom stereocenters. The molecule has 0 radical (unpaired) electrons. The number of amides is 4. The summed E-state index contributed by atoms with van der Waals surface area (Å²) in [5.41, 5.74) is 2.57. The fraction of sp³-hybridized carbons (Fsp3) is 0.362. The zero-order valence-corrected chi connectivity index (χ0v) is 38.4. The van der Waals surface area contributed by atoms with E-state index in [1.165, 1.54) is 44.2 Å². The molecule has 2 saturated heterocycles. The van der Waals surface area contributed by atoms with Crippen LogP contribution in [0.1, 0.15) is 96.2 Å². The number of carbonyl (C=O) groups is 4. The Balaban J connectivity index is 0.935. The highest BCUT2D eigenvalue weighted by atomic mass is 35.5. The van der Waals surface area contributed by atoms with E-state index in [-0.39, 0.29) is 64.6 Å². The summed E-state index contributed by atoms with van der Waals surface area (Å²) in [5.74, 6) is -0.168. The Bertz CT molecular complexity index is 3070. The van der Waals surface area contributed by atoms with Gasteiger partial charge >= 0.3 is 5.69 Å². The van der Waals surface area contributed by atoms with Gasteiger partial charge in [0.2, 0.25) is 17.7 Å². The number of hydrogen-bond donors (Lipinski definition) is 1. The van der Waals surface area contributed by atoms with Gasteiger partial charge < -0.3 is 23.5 Å². The van der Waals surface area contributed by atoms with Gasteiger partial charge in [-0.25, -0.2) is 14.8 Å². The third-order valence-electron chi connectivity index (χ3n) is 12.8. The first-order chi connectivity index (χ1) is 31.7. The van der Waals surface area contributed by atoms with Crippen molar-refractivity contribution in [2.75, 3.05) is 31.7 Å². The lowest BCUT2D eigenvalue weighted by Gasteiger charge is -2.32. The van der Waals surface area contributed by atoms with Crippen LogP contribution in [0.4, 0.5) is 5.69 Å². The van der Waals surface area contributed by atoms with Crippen LogP contribution >= 0.6 is 23.2 Å². The number of benzene rings is 2. The second kappa shape index (κ2) is 17.6. The minimum Gasteiger partial charge on any atom is -0.491 e. The molecule has 0 bridgehead atoms. The van der Waals surface area contributed by atoms with E-state index in [0.29, 0.717) is 69.7 Å². The van der Waals surface area contributed by atoms with E-state index in [2.05, 4.69) is 10.3 Å². The molecule has 17 nitrogen and oxygen atoms in total. The van der Waals surface area contributed by atoms with Gasteiger partial charge in [0.05, 0.1) is 41.1 Å². The van der Waals surface area contributed by atoms with Crippen molar-refractivity contribution in [1.82, 2.24) is 38.5 Å². The lowest BCUT2D eigenvalue weighted by Crippen LogP contribution is -2.44. The Hall–Kier alpha value is -6.72. The van der Waals surface area contributed by atoms with E-state index in [1.807, 2.05) is 30.5 Å².